The van der Waals surface area contributed by atoms with Crippen LogP contribution in [0, 0.1) is 0 Å². The zero-order chi connectivity index (χ0) is 22.1. The monoisotopic (exact) mass is 501 g/mol. The Morgan fingerprint density at radius 2 is 1.67 bits per heavy atom. The predicted molar refractivity (Wildman–Crippen MR) is 86.4 cm³/mol. The highest BCUT2D eigenvalue weighted by atomic mass is 79.9. The lowest BCUT2D eigenvalue weighted by molar-refractivity contribution is -0.291. The normalized spacial score (nSPS) is 13.5. The molecule has 0 unspecified atom stereocenters. The Balaban J connectivity index is 2.14. The van der Waals surface area contributed by atoms with Gasteiger partial charge in [-0.25, -0.2) is 9.97 Å². The smallest absolute Gasteiger partial charge is 0.422 e. The third-order valence-electron chi connectivity index (χ3n) is 4.04. The molecule has 4 aromatic heterocycles. The molecule has 0 saturated heterocycles. The van der Waals surface area contributed by atoms with Crippen molar-refractivity contribution >= 4 is 32.6 Å². The number of hydrogen-bond donors (Lipinski definition) is 0. The van der Waals surface area contributed by atoms with Crippen molar-refractivity contribution < 1.29 is 39.5 Å². The summed E-state index contributed by atoms with van der Waals surface area (Å²) >= 11 is 3.03. The molecule has 158 valence electrons. The van der Waals surface area contributed by atoms with Crippen molar-refractivity contribution in [2.24, 2.45) is 0 Å². The van der Waals surface area contributed by atoms with Crippen molar-refractivity contribution in [2.75, 3.05) is 0 Å². The van der Waals surface area contributed by atoms with Gasteiger partial charge in [0.25, 0.3) is 5.89 Å². The molecule has 4 heterocycles. The number of fused-ring (bicyclic) bond motifs is 3. The van der Waals surface area contributed by atoms with Gasteiger partial charge in [-0.15, -0.1) is 10.2 Å². The lowest BCUT2D eigenvalue weighted by atomic mass is 10.1. The zero-order valence-corrected chi connectivity index (χ0v) is 15.4. The first-order valence-electron chi connectivity index (χ1n) is 7.63. The lowest BCUT2D eigenvalue weighted by Gasteiger charge is -2.21. The van der Waals surface area contributed by atoms with Crippen LogP contribution < -0.4 is 0 Å². The highest BCUT2D eigenvalue weighted by Crippen LogP contribution is 2.46. The third kappa shape index (κ3) is 2.98. The summed E-state index contributed by atoms with van der Waals surface area (Å²) in [4.78, 5) is 7.25. The van der Waals surface area contributed by atoms with E-state index in [1.807, 2.05) is 0 Å². The summed E-state index contributed by atoms with van der Waals surface area (Å²) in [5.41, 5.74) is -4.85. The average Bonchev–Trinajstić information content (AvgIpc) is 3.26. The molecule has 30 heavy (non-hydrogen) atoms. The van der Waals surface area contributed by atoms with Crippen molar-refractivity contribution in [3.8, 4) is 11.6 Å². The van der Waals surface area contributed by atoms with E-state index in [1.165, 1.54) is 0 Å². The minimum Gasteiger partial charge on any atom is -0.422 e. The number of hydrogen-bond acceptors (Lipinski definition) is 5. The fraction of sp³-hybridized carbons (Fsp3) is 0.200. The van der Waals surface area contributed by atoms with E-state index in [0.717, 1.165) is 22.9 Å². The molecule has 0 aromatic carbocycles. The summed E-state index contributed by atoms with van der Waals surface area (Å²) in [5, 5.41) is 6.28. The minimum atomic E-state index is -6.16. The molecule has 0 bridgehead atoms. The first kappa shape index (κ1) is 20.4. The molecule has 0 atom stereocenters. The fourth-order valence-corrected chi connectivity index (χ4v) is 3.33. The van der Waals surface area contributed by atoms with Gasteiger partial charge in [0.2, 0.25) is 6.39 Å². The molecule has 6 nitrogen and oxygen atoms in total. The van der Waals surface area contributed by atoms with E-state index in [0.29, 0.717) is 0 Å². The van der Waals surface area contributed by atoms with Gasteiger partial charge in [-0.05, 0) is 34.1 Å². The van der Waals surface area contributed by atoms with Crippen LogP contribution in [0.4, 0.5) is 35.1 Å². The van der Waals surface area contributed by atoms with Crippen LogP contribution in [0.5, 0.6) is 0 Å². The maximum absolute atomic E-state index is 13.9. The van der Waals surface area contributed by atoms with Gasteiger partial charge in [-0.2, -0.15) is 35.1 Å². The lowest BCUT2D eigenvalue weighted by Crippen LogP contribution is -2.35. The second kappa shape index (κ2) is 6.33. The molecule has 0 N–H and O–H groups in total. The number of nitrogens with zero attached hydrogens (tertiary/aromatic N) is 5. The molecule has 0 amide bonds. The molecule has 0 aliphatic rings. The van der Waals surface area contributed by atoms with Crippen LogP contribution in [0.1, 0.15) is 11.3 Å². The molecule has 15 heteroatoms. The average molecular weight is 502 g/mol. The van der Waals surface area contributed by atoms with Gasteiger partial charge >= 0.3 is 18.3 Å². The topological polar surface area (TPSA) is 69.1 Å². The van der Waals surface area contributed by atoms with Crippen LogP contribution in [-0.4, -0.2) is 30.7 Å². The quantitative estimate of drug-likeness (QED) is 0.345. The van der Waals surface area contributed by atoms with E-state index in [4.69, 9.17) is 4.42 Å². The first-order chi connectivity index (χ1) is 13.8. The summed E-state index contributed by atoms with van der Waals surface area (Å²) in [6.07, 6.45) is -10.5. The maximum Gasteiger partial charge on any atom is 0.459 e. The van der Waals surface area contributed by atoms with E-state index in [9.17, 15) is 35.1 Å². The molecule has 0 aliphatic heterocycles. The Bertz CT molecular complexity index is 1260. The van der Waals surface area contributed by atoms with Crippen LogP contribution in [0.15, 0.2) is 33.6 Å². The van der Waals surface area contributed by atoms with Crippen molar-refractivity contribution in [2.45, 2.75) is 18.3 Å². The molecule has 4 rings (SSSR count). The number of halogens is 9. The molecule has 4 aromatic rings. The molecule has 0 fully saturated rings. The number of rotatable bonds is 2. The van der Waals surface area contributed by atoms with Crippen molar-refractivity contribution in [3.05, 3.63) is 40.5 Å². The van der Waals surface area contributed by atoms with Crippen molar-refractivity contribution in [1.82, 2.24) is 24.6 Å². The van der Waals surface area contributed by atoms with Gasteiger partial charge in [0.1, 0.15) is 21.6 Å². The van der Waals surface area contributed by atoms with Crippen LogP contribution in [0.3, 0.4) is 0 Å². The molecule has 0 saturated carbocycles. The molecular formula is C15H4BrF8N5O. The van der Waals surface area contributed by atoms with Gasteiger partial charge in [0.15, 0.2) is 5.69 Å². The van der Waals surface area contributed by atoms with Crippen molar-refractivity contribution in [1.29, 1.82) is 0 Å². The minimum absolute atomic E-state index is 0.0802. The van der Waals surface area contributed by atoms with Crippen LogP contribution in [0.2, 0.25) is 0 Å². The number of imidazole rings is 1. The van der Waals surface area contributed by atoms with Crippen LogP contribution in [0.25, 0.3) is 28.3 Å². The predicted octanol–water partition coefficient (Wildman–Crippen LogP) is 5.37. The summed E-state index contributed by atoms with van der Waals surface area (Å²) in [7, 11) is 0. The Morgan fingerprint density at radius 3 is 2.23 bits per heavy atom. The zero-order valence-electron chi connectivity index (χ0n) is 13.9. The van der Waals surface area contributed by atoms with Crippen LogP contribution in [-0.2, 0) is 12.1 Å². The standard InChI is InChI=1S/C15H4BrF8N5O/c16-10-9(12-28-25-4-30-12)27-8-2-1-5-6(14(19,20)21)3-7(26-11(5)29(8)10)13(17,18)15(22,23)24/h1-4H. The third-order valence-corrected chi connectivity index (χ3v) is 4.77. The van der Waals surface area contributed by atoms with Crippen molar-refractivity contribution in [3.63, 3.8) is 0 Å². The largest absolute Gasteiger partial charge is 0.459 e. The van der Waals surface area contributed by atoms with Gasteiger partial charge < -0.3 is 4.42 Å². The Morgan fingerprint density at radius 1 is 0.967 bits per heavy atom. The Kier molecular flexibility index (Phi) is 4.31. The summed E-state index contributed by atoms with van der Waals surface area (Å²) in [5.74, 6) is -5.81. The number of pyridine rings is 2. The van der Waals surface area contributed by atoms with Gasteiger partial charge in [-0.1, -0.05) is 0 Å². The summed E-state index contributed by atoms with van der Waals surface area (Å²) in [6, 6.07) is 1.66. The fourth-order valence-electron chi connectivity index (χ4n) is 2.72. The van der Waals surface area contributed by atoms with Gasteiger partial charge in [0, 0.05) is 5.39 Å². The number of alkyl halides is 8. The SMILES string of the molecule is FC(F)(F)c1cc(C(F)(F)C(F)(F)F)nc2c1ccc1nc(-c3nnco3)c(Br)n12. The van der Waals surface area contributed by atoms with E-state index in [1.54, 1.807) is 0 Å². The summed E-state index contributed by atoms with van der Waals surface area (Å²) in [6.45, 7) is 0. The highest BCUT2D eigenvalue weighted by Gasteiger charge is 2.60. The molecule has 0 aliphatic carbocycles. The van der Waals surface area contributed by atoms with Gasteiger partial charge in [0.05, 0.1) is 5.56 Å². The highest BCUT2D eigenvalue weighted by molar-refractivity contribution is 9.10. The number of aromatic nitrogens is 5. The second-order valence-corrected chi connectivity index (χ2v) is 6.64. The van der Waals surface area contributed by atoms with E-state index >= 15 is 0 Å². The maximum atomic E-state index is 13.9. The van der Waals surface area contributed by atoms with Crippen LogP contribution >= 0.6 is 15.9 Å². The molecule has 0 radical (unpaired) electrons. The molecular weight excluding hydrogens is 498 g/mol. The summed E-state index contributed by atoms with van der Waals surface area (Å²) < 4.78 is 112. The Hall–Kier alpha value is -2.84. The van der Waals surface area contributed by atoms with E-state index in [-0.39, 0.29) is 27.9 Å². The molecule has 0 spiro atoms. The van der Waals surface area contributed by atoms with Gasteiger partial charge in [-0.3, -0.25) is 4.40 Å². The van der Waals surface area contributed by atoms with E-state index in [2.05, 4.69) is 36.1 Å². The first-order valence-corrected chi connectivity index (χ1v) is 8.42. The second-order valence-electron chi connectivity index (χ2n) is 5.88. The Labute approximate surface area is 167 Å². The van der Waals surface area contributed by atoms with E-state index < -0.39 is 40.6 Å².